The third-order valence-corrected chi connectivity index (χ3v) is 3.56. The van der Waals surface area contributed by atoms with Gasteiger partial charge >= 0.3 is 0 Å². The van der Waals surface area contributed by atoms with E-state index in [0.717, 1.165) is 0 Å². The molecule has 0 aliphatic rings. The molecule has 27 heavy (non-hydrogen) atoms. The smallest absolute Gasteiger partial charge is 0.279 e. The molecule has 0 fully saturated rings. The minimum Gasteiger partial charge on any atom is -0.478 e. The van der Waals surface area contributed by atoms with Crippen molar-refractivity contribution in [3.05, 3.63) is 72.4 Å². The summed E-state index contributed by atoms with van der Waals surface area (Å²) in [6.45, 7) is 1.44. The van der Waals surface area contributed by atoms with E-state index in [-0.39, 0.29) is 11.3 Å². The molecule has 1 atom stereocenters. The maximum absolute atomic E-state index is 13.5. The van der Waals surface area contributed by atoms with Crippen molar-refractivity contribution in [3.63, 3.8) is 0 Å². The summed E-state index contributed by atoms with van der Waals surface area (Å²) in [5.41, 5.74) is 4.74. The third kappa shape index (κ3) is 4.46. The van der Waals surface area contributed by atoms with Crippen molar-refractivity contribution in [1.82, 2.24) is 25.6 Å². The number of hydrazine groups is 1. The molecule has 2 heterocycles. The van der Waals surface area contributed by atoms with Crippen LogP contribution in [0.15, 0.2) is 61.1 Å². The molecule has 0 bridgehead atoms. The zero-order valence-corrected chi connectivity index (χ0v) is 14.3. The summed E-state index contributed by atoms with van der Waals surface area (Å²) in [5, 5.41) is 4.04. The summed E-state index contributed by atoms with van der Waals surface area (Å²) < 4.78 is 20.3. The number of hydrogen-bond acceptors (Lipinski definition) is 5. The fourth-order valence-corrected chi connectivity index (χ4v) is 2.14. The molecule has 8 nitrogen and oxygen atoms in total. The number of nitrogens with zero attached hydrogens (tertiary/aromatic N) is 3. The molecular formula is C18H16FN5O3. The number of carbonyl (C=O) groups is 2. The Bertz CT molecular complexity index is 928. The second-order valence-corrected chi connectivity index (χ2v) is 5.49. The van der Waals surface area contributed by atoms with Gasteiger partial charge in [0, 0.05) is 18.6 Å². The Morgan fingerprint density at radius 1 is 1.15 bits per heavy atom. The minimum absolute atomic E-state index is 0.0510. The largest absolute Gasteiger partial charge is 0.478 e. The van der Waals surface area contributed by atoms with Crippen molar-refractivity contribution in [2.24, 2.45) is 0 Å². The molecule has 1 unspecified atom stereocenters. The van der Waals surface area contributed by atoms with Gasteiger partial charge in [0.1, 0.15) is 0 Å². The molecule has 3 rings (SSSR count). The number of ether oxygens (including phenoxy) is 1. The SMILES string of the molecule is CC(Oc1ccccc1F)C(=O)NNC(=O)c1ccc(-n2cccn2)nc1. The van der Waals surface area contributed by atoms with Gasteiger partial charge in [-0.15, -0.1) is 0 Å². The highest BCUT2D eigenvalue weighted by atomic mass is 19.1. The van der Waals surface area contributed by atoms with Crippen LogP contribution in [-0.2, 0) is 4.79 Å². The van der Waals surface area contributed by atoms with Gasteiger partial charge in [-0.3, -0.25) is 20.4 Å². The Balaban J connectivity index is 1.53. The van der Waals surface area contributed by atoms with Crippen molar-refractivity contribution in [2.75, 3.05) is 0 Å². The minimum atomic E-state index is -1.01. The topological polar surface area (TPSA) is 98.1 Å². The Morgan fingerprint density at radius 2 is 1.96 bits per heavy atom. The Morgan fingerprint density at radius 3 is 2.63 bits per heavy atom. The molecule has 2 N–H and O–H groups in total. The van der Waals surface area contributed by atoms with Crippen LogP contribution in [0.5, 0.6) is 5.75 Å². The zero-order chi connectivity index (χ0) is 19.2. The van der Waals surface area contributed by atoms with Gasteiger partial charge in [0.2, 0.25) is 0 Å². The van der Waals surface area contributed by atoms with Gasteiger partial charge in [0.15, 0.2) is 23.5 Å². The average Bonchev–Trinajstić information content (AvgIpc) is 3.22. The number of benzene rings is 1. The molecule has 2 aromatic heterocycles. The van der Waals surface area contributed by atoms with Crippen molar-refractivity contribution < 1.29 is 18.7 Å². The summed E-state index contributed by atoms with van der Waals surface area (Å²) in [4.78, 5) is 28.2. The van der Waals surface area contributed by atoms with E-state index >= 15 is 0 Å². The molecule has 138 valence electrons. The zero-order valence-electron chi connectivity index (χ0n) is 14.3. The quantitative estimate of drug-likeness (QED) is 0.666. The fraction of sp³-hybridized carbons (Fsp3) is 0.111. The Kier molecular flexibility index (Phi) is 5.41. The first-order chi connectivity index (χ1) is 13.0. The van der Waals surface area contributed by atoms with Crippen LogP contribution in [0.3, 0.4) is 0 Å². The van der Waals surface area contributed by atoms with Crippen molar-refractivity contribution in [1.29, 1.82) is 0 Å². The van der Waals surface area contributed by atoms with Gasteiger partial charge in [-0.1, -0.05) is 12.1 Å². The lowest BCUT2D eigenvalue weighted by Gasteiger charge is -2.15. The van der Waals surface area contributed by atoms with E-state index in [1.807, 2.05) is 0 Å². The van der Waals surface area contributed by atoms with Crippen LogP contribution in [-0.4, -0.2) is 32.7 Å². The van der Waals surface area contributed by atoms with Crippen molar-refractivity contribution in [2.45, 2.75) is 13.0 Å². The molecule has 0 saturated heterocycles. The van der Waals surface area contributed by atoms with E-state index in [9.17, 15) is 14.0 Å². The first kappa shape index (κ1) is 18.1. The molecule has 2 amide bonds. The average molecular weight is 369 g/mol. The molecular weight excluding hydrogens is 353 g/mol. The van der Waals surface area contributed by atoms with Crippen molar-refractivity contribution in [3.8, 4) is 11.6 Å². The standard InChI is InChI=1S/C18H16FN5O3/c1-12(27-15-6-3-2-5-14(15)19)17(25)22-23-18(26)13-7-8-16(20-11-13)24-10-4-9-21-24/h2-12H,1H3,(H,22,25)(H,23,26). The van der Waals surface area contributed by atoms with E-state index in [1.54, 1.807) is 41.3 Å². The molecule has 0 aliphatic carbocycles. The lowest BCUT2D eigenvalue weighted by Crippen LogP contribution is -2.47. The van der Waals surface area contributed by atoms with Crippen LogP contribution in [0, 0.1) is 5.82 Å². The van der Waals surface area contributed by atoms with Crippen LogP contribution in [0.4, 0.5) is 4.39 Å². The van der Waals surface area contributed by atoms with Gasteiger partial charge in [-0.2, -0.15) is 5.10 Å². The molecule has 0 saturated carbocycles. The van der Waals surface area contributed by atoms with E-state index in [2.05, 4.69) is 20.9 Å². The maximum atomic E-state index is 13.5. The molecule has 1 aromatic carbocycles. The number of halogens is 1. The van der Waals surface area contributed by atoms with Gasteiger partial charge in [0.25, 0.3) is 11.8 Å². The monoisotopic (exact) mass is 369 g/mol. The Hall–Kier alpha value is -3.75. The van der Waals surface area contributed by atoms with Crippen LogP contribution in [0.25, 0.3) is 5.82 Å². The normalized spacial score (nSPS) is 11.5. The second-order valence-electron chi connectivity index (χ2n) is 5.49. The number of nitrogens with one attached hydrogen (secondary N) is 2. The summed E-state index contributed by atoms with van der Waals surface area (Å²) in [5.74, 6) is -1.27. The number of amides is 2. The highest BCUT2D eigenvalue weighted by molar-refractivity contribution is 5.95. The highest BCUT2D eigenvalue weighted by Gasteiger charge is 2.17. The van der Waals surface area contributed by atoms with Crippen LogP contribution in [0.1, 0.15) is 17.3 Å². The number of pyridine rings is 1. The van der Waals surface area contributed by atoms with E-state index in [0.29, 0.717) is 5.82 Å². The predicted molar refractivity (Wildman–Crippen MR) is 93.5 cm³/mol. The van der Waals surface area contributed by atoms with Gasteiger partial charge in [0.05, 0.1) is 5.56 Å². The molecule has 0 spiro atoms. The summed E-state index contributed by atoms with van der Waals surface area (Å²) in [6, 6.07) is 10.6. The summed E-state index contributed by atoms with van der Waals surface area (Å²) in [6.07, 6.45) is 3.68. The number of carbonyl (C=O) groups excluding carboxylic acids is 2. The predicted octanol–water partition coefficient (Wildman–Crippen LogP) is 1.63. The van der Waals surface area contributed by atoms with E-state index < -0.39 is 23.7 Å². The summed E-state index contributed by atoms with van der Waals surface area (Å²) in [7, 11) is 0. The van der Waals surface area contributed by atoms with Crippen LogP contribution in [0.2, 0.25) is 0 Å². The highest BCUT2D eigenvalue weighted by Crippen LogP contribution is 2.16. The maximum Gasteiger partial charge on any atom is 0.279 e. The first-order valence-corrected chi connectivity index (χ1v) is 8.02. The fourth-order valence-electron chi connectivity index (χ4n) is 2.14. The first-order valence-electron chi connectivity index (χ1n) is 8.02. The van der Waals surface area contributed by atoms with Gasteiger partial charge in [-0.05, 0) is 37.3 Å². The second kappa shape index (κ2) is 8.09. The molecule has 0 aliphatic heterocycles. The lowest BCUT2D eigenvalue weighted by atomic mass is 10.2. The van der Waals surface area contributed by atoms with Crippen molar-refractivity contribution >= 4 is 11.8 Å². The number of hydrogen-bond donors (Lipinski definition) is 2. The number of rotatable bonds is 5. The van der Waals surface area contributed by atoms with Gasteiger partial charge in [-0.25, -0.2) is 14.1 Å². The lowest BCUT2D eigenvalue weighted by molar-refractivity contribution is -0.128. The molecule has 3 aromatic rings. The number of aromatic nitrogens is 3. The third-order valence-electron chi connectivity index (χ3n) is 3.56. The van der Waals surface area contributed by atoms with E-state index in [1.165, 1.54) is 31.3 Å². The molecule has 9 heteroatoms. The number of para-hydroxylation sites is 1. The van der Waals surface area contributed by atoms with E-state index in [4.69, 9.17) is 4.74 Å². The van der Waals surface area contributed by atoms with Crippen LogP contribution >= 0.6 is 0 Å². The van der Waals surface area contributed by atoms with Gasteiger partial charge < -0.3 is 4.74 Å². The van der Waals surface area contributed by atoms with Crippen LogP contribution < -0.4 is 15.6 Å². The summed E-state index contributed by atoms with van der Waals surface area (Å²) >= 11 is 0. The molecule has 0 radical (unpaired) electrons. The Labute approximate surface area is 154 Å².